The average molecular weight is 274 g/mol. The second-order valence-electron chi connectivity index (χ2n) is 5.45. The van der Waals surface area contributed by atoms with Crippen LogP contribution < -0.4 is 0 Å². The van der Waals surface area contributed by atoms with Crippen molar-refractivity contribution in [2.75, 3.05) is 0 Å². The van der Waals surface area contributed by atoms with E-state index in [9.17, 15) is 9.90 Å². The number of aliphatic hydroxyl groups is 1. The Kier molecular flexibility index (Phi) is 1.85. The highest BCUT2D eigenvalue weighted by molar-refractivity contribution is 6.26. The summed E-state index contributed by atoms with van der Waals surface area (Å²) in [5.74, 6) is -0.449. The zero-order valence-electron chi connectivity index (χ0n) is 11.0. The summed E-state index contributed by atoms with van der Waals surface area (Å²) >= 11 is 0. The Bertz CT molecular complexity index is 1030. The first kappa shape index (κ1) is 11.1. The zero-order chi connectivity index (χ0) is 14.1. The van der Waals surface area contributed by atoms with Crippen LogP contribution in [0.1, 0.15) is 22.2 Å². The number of rotatable bonds is 0. The molecule has 0 amide bonds. The lowest BCUT2D eigenvalue weighted by atomic mass is 9.90. The van der Waals surface area contributed by atoms with E-state index < -0.39 is 12.3 Å². The summed E-state index contributed by atoms with van der Waals surface area (Å²) in [7, 11) is 0. The van der Waals surface area contributed by atoms with Gasteiger partial charge in [-0.25, -0.2) is 4.79 Å². The summed E-state index contributed by atoms with van der Waals surface area (Å²) in [5, 5.41) is 16.3. The van der Waals surface area contributed by atoms with E-state index in [4.69, 9.17) is 4.74 Å². The Balaban J connectivity index is 2.13. The van der Waals surface area contributed by atoms with E-state index in [1.807, 2.05) is 30.3 Å². The molecule has 0 aliphatic carbocycles. The van der Waals surface area contributed by atoms with Crippen molar-refractivity contribution < 1.29 is 14.6 Å². The lowest BCUT2D eigenvalue weighted by Crippen LogP contribution is -1.97. The molecule has 0 radical (unpaired) electrons. The van der Waals surface area contributed by atoms with Gasteiger partial charge in [-0.05, 0) is 38.4 Å². The van der Waals surface area contributed by atoms with Gasteiger partial charge in [-0.15, -0.1) is 0 Å². The van der Waals surface area contributed by atoms with E-state index in [2.05, 4.69) is 18.2 Å². The molecule has 3 nitrogen and oxygen atoms in total. The fraction of sp³-hybridized carbons (Fsp3) is 0.0556. The van der Waals surface area contributed by atoms with Crippen LogP contribution >= 0.6 is 0 Å². The maximum absolute atomic E-state index is 12.0. The van der Waals surface area contributed by atoms with Crippen LogP contribution in [0, 0.1) is 0 Å². The minimum Gasteiger partial charge on any atom is -0.428 e. The number of hydrogen-bond donors (Lipinski definition) is 1. The Morgan fingerprint density at radius 1 is 0.905 bits per heavy atom. The lowest BCUT2D eigenvalue weighted by Gasteiger charge is -2.12. The number of cyclic esters (lactones) is 1. The number of fused-ring (bicyclic) bond motifs is 2. The molecule has 1 unspecified atom stereocenters. The molecule has 0 spiro atoms. The predicted octanol–water partition coefficient (Wildman–Crippen LogP) is 3.75. The topological polar surface area (TPSA) is 46.5 Å². The zero-order valence-corrected chi connectivity index (χ0v) is 11.0. The third-order valence-corrected chi connectivity index (χ3v) is 4.37. The molecule has 1 N–H and O–H groups in total. The van der Waals surface area contributed by atoms with Gasteiger partial charge in [0.1, 0.15) is 0 Å². The highest BCUT2D eigenvalue weighted by Gasteiger charge is 2.32. The third-order valence-electron chi connectivity index (χ3n) is 4.37. The van der Waals surface area contributed by atoms with E-state index in [1.54, 1.807) is 0 Å². The van der Waals surface area contributed by atoms with Crippen LogP contribution in [0.4, 0.5) is 0 Å². The molecule has 0 aromatic heterocycles. The molecule has 5 rings (SSSR count). The maximum Gasteiger partial charge on any atom is 0.341 e. The monoisotopic (exact) mass is 274 g/mol. The second-order valence-corrected chi connectivity index (χ2v) is 5.45. The minimum atomic E-state index is -1.16. The molecular formula is C18H10O3. The summed E-state index contributed by atoms with van der Waals surface area (Å²) in [6.45, 7) is 0. The summed E-state index contributed by atoms with van der Waals surface area (Å²) in [5.41, 5.74) is 1.05. The number of hydrogen-bond acceptors (Lipinski definition) is 3. The largest absolute Gasteiger partial charge is 0.428 e. The van der Waals surface area contributed by atoms with Crippen LogP contribution in [0.15, 0.2) is 48.5 Å². The van der Waals surface area contributed by atoms with Crippen LogP contribution in [-0.2, 0) is 4.74 Å². The first-order valence-corrected chi connectivity index (χ1v) is 6.83. The number of carbonyl (C=O) groups excluding carboxylic acids is 1. The highest BCUT2D eigenvalue weighted by Crippen LogP contribution is 2.41. The average Bonchev–Trinajstić information content (AvgIpc) is 2.79. The molecule has 3 heteroatoms. The van der Waals surface area contributed by atoms with E-state index in [0.717, 1.165) is 32.3 Å². The van der Waals surface area contributed by atoms with Gasteiger partial charge in [0.05, 0.1) is 5.56 Å². The quantitative estimate of drug-likeness (QED) is 0.392. The molecule has 0 bridgehead atoms. The van der Waals surface area contributed by atoms with Crippen LogP contribution in [0.5, 0.6) is 0 Å². The van der Waals surface area contributed by atoms with Crippen LogP contribution in [-0.4, -0.2) is 11.1 Å². The van der Waals surface area contributed by atoms with Gasteiger partial charge in [0.25, 0.3) is 0 Å². The van der Waals surface area contributed by atoms with Gasteiger partial charge in [0.2, 0.25) is 6.29 Å². The molecule has 1 atom stereocenters. The maximum atomic E-state index is 12.0. The van der Waals surface area contributed by atoms with Gasteiger partial charge in [0.15, 0.2) is 0 Å². The normalized spacial score (nSPS) is 17.8. The molecule has 4 aromatic rings. The fourth-order valence-corrected chi connectivity index (χ4v) is 3.48. The van der Waals surface area contributed by atoms with Crippen molar-refractivity contribution in [1.82, 2.24) is 0 Å². The summed E-state index contributed by atoms with van der Waals surface area (Å²) < 4.78 is 4.96. The smallest absolute Gasteiger partial charge is 0.341 e. The summed E-state index contributed by atoms with van der Waals surface area (Å²) in [4.78, 5) is 12.0. The number of ether oxygens (including phenoxy) is 1. The van der Waals surface area contributed by atoms with Crippen molar-refractivity contribution in [3.8, 4) is 0 Å². The number of esters is 1. The number of aliphatic hydroxyl groups excluding tert-OH is 1. The molecular weight excluding hydrogens is 264 g/mol. The molecule has 1 heterocycles. The first-order chi connectivity index (χ1) is 10.2. The van der Waals surface area contributed by atoms with Crippen LogP contribution in [0.2, 0.25) is 0 Å². The molecule has 0 fully saturated rings. The van der Waals surface area contributed by atoms with Gasteiger partial charge in [-0.1, -0.05) is 42.5 Å². The molecule has 1 aliphatic rings. The van der Waals surface area contributed by atoms with Crippen molar-refractivity contribution in [3.63, 3.8) is 0 Å². The van der Waals surface area contributed by atoms with Crippen molar-refractivity contribution in [3.05, 3.63) is 59.7 Å². The number of carbonyl (C=O) groups is 1. The molecule has 21 heavy (non-hydrogen) atoms. The predicted molar refractivity (Wildman–Crippen MR) is 80.5 cm³/mol. The van der Waals surface area contributed by atoms with Gasteiger partial charge < -0.3 is 9.84 Å². The van der Waals surface area contributed by atoms with Gasteiger partial charge >= 0.3 is 5.97 Å². The highest BCUT2D eigenvalue weighted by atomic mass is 16.6. The SMILES string of the molecule is O=C1OC(O)c2cc3ccc4cccc5ccc(c21)c3c45. The molecule has 0 saturated carbocycles. The van der Waals surface area contributed by atoms with Gasteiger partial charge in [0, 0.05) is 5.56 Å². The Morgan fingerprint density at radius 2 is 1.62 bits per heavy atom. The summed E-state index contributed by atoms with van der Waals surface area (Å²) in [6.07, 6.45) is -1.16. The fourth-order valence-electron chi connectivity index (χ4n) is 3.48. The van der Waals surface area contributed by atoms with Crippen molar-refractivity contribution >= 4 is 38.3 Å². The number of benzene rings is 4. The van der Waals surface area contributed by atoms with E-state index in [0.29, 0.717) is 11.1 Å². The summed E-state index contributed by atoms with van der Waals surface area (Å²) in [6, 6.07) is 16.1. The Morgan fingerprint density at radius 3 is 2.43 bits per heavy atom. The van der Waals surface area contributed by atoms with E-state index in [-0.39, 0.29) is 0 Å². The first-order valence-electron chi connectivity index (χ1n) is 6.83. The minimum absolute atomic E-state index is 0.449. The second kappa shape index (κ2) is 3.51. The van der Waals surface area contributed by atoms with Crippen LogP contribution in [0.3, 0.4) is 0 Å². The molecule has 4 aromatic carbocycles. The van der Waals surface area contributed by atoms with Gasteiger partial charge in [-0.3, -0.25) is 0 Å². The van der Waals surface area contributed by atoms with Crippen LogP contribution in [0.25, 0.3) is 32.3 Å². The molecule has 100 valence electrons. The standard InChI is InChI=1S/C18H10O3/c19-17-13-8-11-5-4-9-2-1-3-10-6-7-12(15(11)14(9)10)16(13)18(20)21-17/h1-8,17,19H. The van der Waals surface area contributed by atoms with Gasteiger partial charge in [-0.2, -0.15) is 0 Å². The van der Waals surface area contributed by atoms with Crippen molar-refractivity contribution in [2.24, 2.45) is 0 Å². The Hall–Kier alpha value is -2.65. The molecule has 0 saturated heterocycles. The van der Waals surface area contributed by atoms with E-state index in [1.165, 1.54) is 0 Å². The Labute approximate surface area is 119 Å². The lowest BCUT2D eigenvalue weighted by molar-refractivity contribution is -0.0547. The van der Waals surface area contributed by atoms with Crippen molar-refractivity contribution in [2.45, 2.75) is 6.29 Å². The third kappa shape index (κ3) is 1.24. The molecule has 1 aliphatic heterocycles. The van der Waals surface area contributed by atoms with E-state index >= 15 is 0 Å². The van der Waals surface area contributed by atoms with Crippen molar-refractivity contribution in [1.29, 1.82) is 0 Å².